The van der Waals surface area contributed by atoms with Crippen molar-refractivity contribution in [3.63, 3.8) is 0 Å². The van der Waals surface area contributed by atoms with Gasteiger partial charge in [-0.15, -0.1) is 0 Å². The molecule has 19 heavy (non-hydrogen) atoms. The predicted octanol–water partition coefficient (Wildman–Crippen LogP) is 2.17. The Morgan fingerprint density at radius 2 is 1.89 bits per heavy atom. The monoisotopic (exact) mass is 258 g/mol. The molecule has 0 fully saturated rings. The minimum atomic E-state index is 0.512. The molecule has 3 N–H and O–H groups in total. The molecule has 1 aromatic heterocycles. The van der Waals surface area contributed by atoms with Crippen LogP contribution in [0.5, 0.6) is 5.75 Å². The molecule has 5 heteroatoms. The molecule has 2 rings (SSSR count). The number of hydrogen-bond acceptors (Lipinski definition) is 5. The van der Waals surface area contributed by atoms with Gasteiger partial charge in [0.2, 0.25) is 0 Å². The summed E-state index contributed by atoms with van der Waals surface area (Å²) in [5.74, 6) is 1.54. The van der Waals surface area contributed by atoms with Gasteiger partial charge in [0.25, 0.3) is 0 Å². The van der Waals surface area contributed by atoms with E-state index in [0.29, 0.717) is 13.2 Å². The molecule has 0 amide bonds. The highest BCUT2D eigenvalue weighted by molar-refractivity contribution is 5.56. The Kier molecular flexibility index (Phi) is 4.30. The van der Waals surface area contributed by atoms with E-state index in [-0.39, 0.29) is 0 Å². The maximum atomic E-state index is 5.41. The predicted molar refractivity (Wildman–Crippen MR) is 75.8 cm³/mol. The maximum absolute atomic E-state index is 5.41. The molecule has 0 unspecified atom stereocenters. The van der Waals surface area contributed by atoms with Gasteiger partial charge in [-0.2, -0.15) is 0 Å². The third-order valence-electron chi connectivity index (χ3n) is 2.71. The van der Waals surface area contributed by atoms with Crippen LogP contribution in [0.4, 0.5) is 11.5 Å². The Labute approximate surface area is 112 Å². The topological polar surface area (TPSA) is 73.1 Å². The molecule has 0 radical (unpaired) electrons. The van der Waals surface area contributed by atoms with E-state index in [4.69, 9.17) is 10.5 Å². The summed E-state index contributed by atoms with van der Waals surface area (Å²) in [6.45, 7) is 4.92. The Balaban J connectivity index is 2.04. The molecule has 0 atom stereocenters. The van der Waals surface area contributed by atoms with E-state index in [1.54, 1.807) is 6.20 Å². The average Bonchev–Trinajstić information content (AvgIpc) is 2.42. The molecule has 0 bridgehead atoms. The van der Waals surface area contributed by atoms with Gasteiger partial charge in [-0.3, -0.25) is 4.98 Å². The fourth-order valence-corrected chi connectivity index (χ4v) is 1.56. The van der Waals surface area contributed by atoms with E-state index < -0.39 is 0 Å². The zero-order valence-corrected chi connectivity index (χ0v) is 11.2. The largest absolute Gasteiger partial charge is 0.492 e. The van der Waals surface area contributed by atoms with E-state index >= 15 is 0 Å². The van der Waals surface area contributed by atoms with Crippen molar-refractivity contribution in [3.05, 3.63) is 41.9 Å². The molecule has 0 saturated carbocycles. The van der Waals surface area contributed by atoms with Crippen molar-refractivity contribution in [2.75, 3.05) is 18.5 Å². The van der Waals surface area contributed by atoms with Gasteiger partial charge in [0.15, 0.2) is 0 Å². The second-order valence-corrected chi connectivity index (χ2v) is 4.21. The first-order chi connectivity index (χ1) is 9.19. The van der Waals surface area contributed by atoms with Crippen LogP contribution < -0.4 is 15.8 Å². The van der Waals surface area contributed by atoms with Gasteiger partial charge in [0.05, 0.1) is 17.6 Å². The summed E-state index contributed by atoms with van der Waals surface area (Å²) >= 11 is 0. The van der Waals surface area contributed by atoms with Crippen molar-refractivity contribution in [3.8, 4) is 5.75 Å². The van der Waals surface area contributed by atoms with Gasteiger partial charge in [-0.05, 0) is 38.1 Å². The van der Waals surface area contributed by atoms with E-state index in [1.807, 2.05) is 38.1 Å². The van der Waals surface area contributed by atoms with Crippen LogP contribution >= 0.6 is 0 Å². The van der Waals surface area contributed by atoms with Crippen molar-refractivity contribution < 1.29 is 4.74 Å². The summed E-state index contributed by atoms with van der Waals surface area (Å²) in [5, 5.41) is 3.20. The van der Waals surface area contributed by atoms with Crippen molar-refractivity contribution >= 4 is 11.5 Å². The summed E-state index contributed by atoms with van der Waals surface area (Å²) in [7, 11) is 0. The lowest BCUT2D eigenvalue weighted by Crippen LogP contribution is -2.10. The molecule has 0 aliphatic rings. The van der Waals surface area contributed by atoms with E-state index in [0.717, 1.165) is 28.6 Å². The number of ether oxygens (including phenoxy) is 1. The number of hydrogen-bond donors (Lipinski definition) is 2. The van der Waals surface area contributed by atoms with Crippen LogP contribution in [0.1, 0.15) is 11.4 Å². The van der Waals surface area contributed by atoms with Crippen LogP contribution in [-0.2, 0) is 0 Å². The molecule has 5 nitrogen and oxygen atoms in total. The molecule has 1 aromatic carbocycles. The normalized spacial score (nSPS) is 10.3. The number of nitrogens with zero attached hydrogens (tertiary/aromatic N) is 2. The Bertz CT molecular complexity index is 540. The maximum Gasteiger partial charge on any atom is 0.149 e. The number of benzene rings is 1. The van der Waals surface area contributed by atoms with E-state index in [9.17, 15) is 0 Å². The summed E-state index contributed by atoms with van der Waals surface area (Å²) in [6.07, 6.45) is 1.72. The molecule has 0 spiro atoms. The van der Waals surface area contributed by atoms with Crippen molar-refractivity contribution in [2.24, 2.45) is 5.73 Å². The first kappa shape index (κ1) is 13.3. The summed E-state index contributed by atoms with van der Waals surface area (Å²) in [4.78, 5) is 8.69. The van der Waals surface area contributed by atoms with Gasteiger partial charge < -0.3 is 15.8 Å². The standard InChI is InChI=1S/C14H18N4O/c1-10-11(2)17-14(9-16-10)18-12-3-5-13(6-4-12)19-8-7-15/h3-6,9H,7-8,15H2,1-2H3,(H,17,18). The highest BCUT2D eigenvalue weighted by Gasteiger charge is 2.00. The second kappa shape index (κ2) is 6.15. The van der Waals surface area contributed by atoms with Crippen LogP contribution in [0.15, 0.2) is 30.5 Å². The second-order valence-electron chi connectivity index (χ2n) is 4.21. The molecule has 0 saturated heterocycles. The van der Waals surface area contributed by atoms with Crippen molar-refractivity contribution in [1.82, 2.24) is 9.97 Å². The number of nitrogens with one attached hydrogen (secondary N) is 1. The first-order valence-electron chi connectivity index (χ1n) is 6.19. The lowest BCUT2D eigenvalue weighted by atomic mass is 10.3. The summed E-state index contributed by atoms with van der Waals surface area (Å²) in [5.41, 5.74) is 8.19. The molecule has 2 aromatic rings. The van der Waals surface area contributed by atoms with Crippen LogP contribution in [0.3, 0.4) is 0 Å². The first-order valence-corrected chi connectivity index (χ1v) is 6.19. The Morgan fingerprint density at radius 3 is 2.53 bits per heavy atom. The smallest absolute Gasteiger partial charge is 0.149 e. The zero-order valence-electron chi connectivity index (χ0n) is 11.2. The third-order valence-corrected chi connectivity index (χ3v) is 2.71. The fraction of sp³-hybridized carbons (Fsp3) is 0.286. The molecule has 0 aliphatic carbocycles. The number of anilines is 2. The Hall–Kier alpha value is -2.14. The van der Waals surface area contributed by atoms with Crippen molar-refractivity contribution in [2.45, 2.75) is 13.8 Å². The van der Waals surface area contributed by atoms with Gasteiger partial charge >= 0.3 is 0 Å². The lowest BCUT2D eigenvalue weighted by Gasteiger charge is -2.08. The molecule has 100 valence electrons. The molecule has 1 heterocycles. The SMILES string of the molecule is Cc1ncc(Nc2ccc(OCCN)cc2)nc1C. The lowest BCUT2D eigenvalue weighted by molar-refractivity contribution is 0.328. The summed E-state index contributed by atoms with van der Waals surface area (Å²) in [6, 6.07) is 7.66. The Morgan fingerprint density at radius 1 is 1.16 bits per heavy atom. The summed E-state index contributed by atoms with van der Waals surface area (Å²) < 4.78 is 5.41. The van der Waals surface area contributed by atoms with Crippen LogP contribution in [0.25, 0.3) is 0 Å². The zero-order chi connectivity index (χ0) is 13.7. The number of aromatic nitrogens is 2. The van der Waals surface area contributed by atoms with Crippen molar-refractivity contribution in [1.29, 1.82) is 0 Å². The quantitative estimate of drug-likeness (QED) is 0.860. The third kappa shape index (κ3) is 3.66. The minimum absolute atomic E-state index is 0.512. The fourth-order valence-electron chi connectivity index (χ4n) is 1.56. The highest BCUT2D eigenvalue weighted by atomic mass is 16.5. The highest BCUT2D eigenvalue weighted by Crippen LogP contribution is 2.19. The van der Waals surface area contributed by atoms with E-state index in [2.05, 4.69) is 15.3 Å². The molecular weight excluding hydrogens is 240 g/mol. The van der Waals surface area contributed by atoms with Gasteiger partial charge in [-0.25, -0.2) is 4.98 Å². The van der Waals surface area contributed by atoms with E-state index in [1.165, 1.54) is 0 Å². The van der Waals surface area contributed by atoms with Gasteiger partial charge in [0, 0.05) is 12.2 Å². The molecular formula is C14H18N4O. The average molecular weight is 258 g/mol. The number of aryl methyl sites for hydroxylation is 2. The number of rotatable bonds is 5. The minimum Gasteiger partial charge on any atom is -0.492 e. The number of nitrogens with two attached hydrogens (primary N) is 1. The molecule has 0 aliphatic heterocycles. The van der Waals surface area contributed by atoms with Gasteiger partial charge in [-0.1, -0.05) is 0 Å². The van der Waals surface area contributed by atoms with Crippen LogP contribution in [-0.4, -0.2) is 23.1 Å². The van der Waals surface area contributed by atoms with Gasteiger partial charge in [0.1, 0.15) is 18.2 Å². The van der Waals surface area contributed by atoms with Crippen LogP contribution in [0, 0.1) is 13.8 Å². The van der Waals surface area contributed by atoms with Crippen LogP contribution in [0.2, 0.25) is 0 Å².